The standard InChI is InChI=1S/C19H26N4O8S/c20-8-15(25)21-14(9-32)18(29)23-13(7-10-1-3-11(24)4-2-10)17(28)22-12(19(30)31)5-6-16(26)27/h1-4,12-14,24,32H,5-9,20H2,(H,21,25)(H,22,28)(H,23,29)(H,26,27)(H,30,31). The van der Waals surface area contributed by atoms with Crippen LogP contribution in [0.3, 0.4) is 0 Å². The van der Waals surface area contributed by atoms with Gasteiger partial charge in [-0.1, -0.05) is 12.1 Å². The van der Waals surface area contributed by atoms with E-state index in [1.165, 1.54) is 24.3 Å². The third kappa shape index (κ3) is 9.22. The summed E-state index contributed by atoms with van der Waals surface area (Å²) in [5.74, 6) is -5.01. The molecule has 0 spiro atoms. The van der Waals surface area contributed by atoms with E-state index < -0.39 is 54.2 Å². The van der Waals surface area contributed by atoms with Crippen LogP contribution in [0.4, 0.5) is 0 Å². The minimum absolute atomic E-state index is 0.0157. The van der Waals surface area contributed by atoms with Gasteiger partial charge in [-0.2, -0.15) is 12.6 Å². The maximum absolute atomic E-state index is 12.8. The number of nitrogens with two attached hydrogens (primary N) is 1. The lowest BCUT2D eigenvalue weighted by atomic mass is 10.0. The number of carboxylic acid groups (broad SMARTS) is 2. The van der Waals surface area contributed by atoms with Crippen LogP contribution < -0.4 is 21.7 Å². The summed E-state index contributed by atoms with van der Waals surface area (Å²) in [6, 6.07) is 1.90. The molecule has 12 nitrogen and oxygen atoms in total. The highest BCUT2D eigenvalue weighted by Crippen LogP contribution is 2.12. The van der Waals surface area contributed by atoms with Crippen LogP contribution in [-0.4, -0.2) is 75.4 Å². The molecule has 0 aliphatic heterocycles. The smallest absolute Gasteiger partial charge is 0.326 e. The zero-order chi connectivity index (χ0) is 24.3. The normalized spacial score (nSPS) is 13.3. The molecule has 0 radical (unpaired) electrons. The Balaban J connectivity index is 3.04. The van der Waals surface area contributed by atoms with Gasteiger partial charge in [-0.05, 0) is 24.1 Å². The number of phenolic OH excluding ortho intramolecular Hbond substituents is 1. The molecular weight excluding hydrogens is 444 g/mol. The fourth-order valence-electron chi connectivity index (χ4n) is 2.59. The number of carbonyl (C=O) groups excluding carboxylic acids is 3. The molecule has 0 fully saturated rings. The molecule has 13 heteroatoms. The van der Waals surface area contributed by atoms with Gasteiger partial charge < -0.3 is 37.0 Å². The molecule has 0 bridgehead atoms. The number of thiol groups is 1. The Labute approximate surface area is 189 Å². The Morgan fingerprint density at radius 3 is 1.97 bits per heavy atom. The van der Waals surface area contributed by atoms with Crippen LogP contribution in [0.1, 0.15) is 18.4 Å². The topological polar surface area (TPSA) is 208 Å². The zero-order valence-corrected chi connectivity index (χ0v) is 17.9. The molecule has 8 N–H and O–H groups in total. The van der Waals surface area contributed by atoms with Crippen molar-refractivity contribution in [2.45, 2.75) is 37.4 Å². The summed E-state index contributed by atoms with van der Waals surface area (Å²) in [5.41, 5.74) is 5.76. The largest absolute Gasteiger partial charge is 0.508 e. The monoisotopic (exact) mass is 470 g/mol. The third-order valence-corrected chi connectivity index (χ3v) is 4.66. The second kappa shape index (κ2) is 13.2. The molecule has 0 saturated heterocycles. The summed E-state index contributed by atoms with van der Waals surface area (Å²) >= 11 is 4.00. The fraction of sp³-hybridized carbons (Fsp3) is 0.421. The highest BCUT2D eigenvalue weighted by Gasteiger charge is 2.29. The van der Waals surface area contributed by atoms with E-state index in [-0.39, 0.29) is 30.9 Å². The second-order valence-corrected chi connectivity index (χ2v) is 7.14. The number of carbonyl (C=O) groups is 5. The summed E-state index contributed by atoms with van der Waals surface area (Å²) in [7, 11) is 0. The molecule has 3 unspecified atom stereocenters. The third-order valence-electron chi connectivity index (χ3n) is 4.29. The van der Waals surface area contributed by atoms with Crippen LogP contribution >= 0.6 is 12.6 Å². The molecule has 3 atom stereocenters. The Bertz CT molecular complexity index is 833. The van der Waals surface area contributed by atoms with Gasteiger partial charge in [0.1, 0.15) is 23.9 Å². The lowest BCUT2D eigenvalue weighted by Crippen LogP contribution is -2.57. The fourth-order valence-corrected chi connectivity index (χ4v) is 2.85. The maximum Gasteiger partial charge on any atom is 0.326 e. The molecule has 0 aromatic heterocycles. The average molecular weight is 471 g/mol. The van der Waals surface area contributed by atoms with Crippen molar-refractivity contribution in [2.24, 2.45) is 5.73 Å². The van der Waals surface area contributed by atoms with E-state index in [2.05, 4.69) is 28.6 Å². The van der Waals surface area contributed by atoms with Crippen LogP contribution in [-0.2, 0) is 30.4 Å². The minimum Gasteiger partial charge on any atom is -0.508 e. The molecule has 176 valence electrons. The van der Waals surface area contributed by atoms with Gasteiger partial charge in [-0.3, -0.25) is 19.2 Å². The van der Waals surface area contributed by atoms with E-state index in [0.717, 1.165) is 0 Å². The number of hydrogen-bond acceptors (Lipinski definition) is 8. The number of aliphatic carboxylic acids is 2. The van der Waals surface area contributed by atoms with Gasteiger partial charge in [0.15, 0.2) is 0 Å². The number of amides is 3. The summed E-state index contributed by atoms with van der Waals surface area (Å²) in [6.45, 7) is -0.362. The van der Waals surface area contributed by atoms with Crippen molar-refractivity contribution in [1.82, 2.24) is 16.0 Å². The molecular formula is C19H26N4O8S. The summed E-state index contributed by atoms with van der Waals surface area (Å²) in [4.78, 5) is 59.0. The molecule has 32 heavy (non-hydrogen) atoms. The summed E-state index contributed by atoms with van der Waals surface area (Å²) in [5, 5.41) is 34.5. The Morgan fingerprint density at radius 1 is 0.906 bits per heavy atom. The van der Waals surface area contributed by atoms with Gasteiger partial charge in [-0.25, -0.2) is 4.79 Å². The lowest BCUT2D eigenvalue weighted by Gasteiger charge is -2.24. The first-order valence-electron chi connectivity index (χ1n) is 9.50. The predicted molar refractivity (Wildman–Crippen MR) is 115 cm³/mol. The van der Waals surface area contributed by atoms with Crippen LogP contribution in [0.15, 0.2) is 24.3 Å². The summed E-state index contributed by atoms with van der Waals surface area (Å²) < 4.78 is 0. The average Bonchev–Trinajstić information content (AvgIpc) is 2.74. The first-order chi connectivity index (χ1) is 15.1. The quantitative estimate of drug-likeness (QED) is 0.153. The molecule has 1 aromatic rings. The number of phenols is 1. The Hall–Kier alpha value is -3.32. The maximum atomic E-state index is 12.8. The molecule has 0 heterocycles. The number of carboxylic acids is 2. The minimum atomic E-state index is -1.49. The van der Waals surface area contributed by atoms with Crippen LogP contribution in [0.5, 0.6) is 5.75 Å². The van der Waals surface area contributed by atoms with Gasteiger partial charge in [0.2, 0.25) is 17.7 Å². The Kier molecular flexibility index (Phi) is 11.0. The van der Waals surface area contributed by atoms with Crippen molar-refractivity contribution in [3.8, 4) is 5.75 Å². The van der Waals surface area contributed by atoms with Crippen LogP contribution in [0, 0.1) is 0 Å². The van der Waals surface area contributed by atoms with E-state index >= 15 is 0 Å². The summed E-state index contributed by atoms with van der Waals surface area (Å²) in [6.07, 6.45) is -0.922. The van der Waals surface area contributed by atoms with Crippen molar-refractivity contribution >= 4 is 42.3 Å². The molecule has 0 aliphatic rings. The van der Waals surface area contributed by atoms with E-state index in [0.29, 0.717) is 5.56 Å². The number of hydrogen-bond donors (Lipinski definition) is 8. The van der Waals surface area contributed by atoms with E-state index in [9.17, 15) is 34.2 Å². The molecule has 1 rings (SSSR count). The molecule has 3 amide bonds. The Morgan fingerprint density at radius 2 is 1.47 bits per heavy atom. The van der Waals surface area contributed by atoms with Gasteiger partial charge in [0.05, 0.1) is 6.54 Å². The van der Waals surface area contributed by atoms with Gasteiger partial charge in [0, 0.05) is 18.6 Å². The highest BCUT2D eigenvalue weighted by atomic mass is 32.1. The molecule has 1 aromatic carbocycles. The van der Waals surface area contributed by atoms with Crippen LogP contribution in [0.25, 0.3) is 0 Å². The van der Waals surface area contributed by atoms with Gasteiger partial charge in [0.25, 0.3) is 0 Å². The number of aromatic hydroxyl groups is 1. The first-order valence-corrected chi connectivity index (χ1v) is 10.1. The zero-order valence-electron chi connectivity index (χ0n) is 17.0. The van der Waals surface area contributed by atoms with Crippen molar-refractivity contribution in [1.29, 1.82) is 0 Å². The van der Waals surface area contributed by atoms with Gasteiger partial charge >= 0.3 is 11.9 Å². The van der Waals surface area contributed by atoms with Crippen LogP contribution in [0.2, 0.25) is 0 Å². The van der Waals surface area contributed by atoms with Gasteiger partial charge in [-0.15, -0.1) is 0 Å². The lowest BCUT2D eigenvalue weighted by molar-refractivity contribution is -0.143. The number of nitrogens with one attached hydrogen (secondary N) is 3. The van der Waals surface area contributed by atoms with E-state index in [1.807, 2.05) is 0 Å². The van der Waals surface area contributed by atoms with Crippen molar-refractivity contribution in [3.63, 3.8) is 0 Å². The SMILES string of the molecule is NCC(=O)NC(CS)C(=O)NC(Cc1ccc(O)cc1)C(=O)NC(CCC(=O)O)C(=O)O. The van der Waals surface area contributed by atoms with E-state index in [4.69, 9.17) is 10.8 Å². The van der Waals surface area contributed by atoms with Crippen molar-refractivity contribution < 1.29 is 39.3 Å². The van der Waals surface area contributed by atoms with Crippen molar-refractivity contribution in [3.05, 3.63) is 29.8 Å². The van der Waals surface area contributed by atoms with E-state index in [1.54, 1.807) is 0 Å². The first kappa shape index (κ1) is 26.7. The highest BCUT2D eigenvalue weighted by molar-refractivity contribution is 7.80. The number of benzene rings is 1. The van der Waals surface area contributed by atoms with Crippen molar-refractivity contribution in [2.75, 3.05) is 12.3 Å². The number of rotatable bonds is 13. The predicted octanol–water partition coefficient (Wildman–Crippen LogP) is -1.77. The molecule has 0 saturated carbocycles. The second-order valence-electron chi connectivity index (χ2n) is 6.77. The molecule has 0 aliphatic carbocycles.